The first-order valence-corrected chi connectivity index (χ1v) is 9.04. The van der Waals surface area contributed by atoms with Gasteiger partial charge in [-0.15, -0.1) is 0 Å². The van der Waals surface area contributed by atoms with E-state index < -0.39 is 48.7 Å². The first-order chi connectivity index (χ1) is 13.7. The van der Waals surface area contributed by atoms with E-state index in [1.807, 2.05) is 6.92 Å². The van der Waals surface area contributed by atoms with Crippen molar-refractivity contribution < 1.29 is 37.7 Å². The van der Waals surface area contributed by atoms with Crippen molar-refractivity contribution in [2.45, 2.75) is 57.5 Å². The molecule has 0 spiro atoms. The highest BCUT2D eigenvalue weighted by molar-refractivity contribution is 5.83. The zero-order valence-electron chi connectivity index (χ0n) is 16.0. The lowest BCUT2D eigenvalue weighted by atomic mass is 10.1. The van der Waals surface area contributed by atoms with Crippen LogP contribution in [-0.2, 0) is 19.0 Å². The number of nitrogens with one attached hydrogen (secondary N) is 1. The van der Waals surface area contributed by atoms with Gasteiger partial charge in [-0.25, -0.2) is 9.59 Å². The number of anilines is 1. The maximum Gasteiger partial charge on any atom is 0.412 e. The van der Waals surface area contributed by atoms with Gasteiger partial charge in [0.15, 0.2) is 6.10 Å². The van der Waals surface area contributed by atoms with Gasteiger partial charge in [0.25, 0.3) is 0 Å². The minimum Gasteiger partial charge on any atom is -0.463 e. The third-order valence-corrected chi connectivity index (χ3v) is 4.12. The number of halogens is 2. The molecule has 29 heavy (non-hydrogen) atoms. The van der Waals surface area contributed by atoms with Gasteiger partial charge in [0, 0.05) is 13.1 Å². The fourth-order valence-electron chi connectivity index (χ4n) is 2.62. The minimum atomic E-state index is -3.84. The Morgan fingerprint density at radius 3 is 2.72 bits per heavy atom. The number of carbonyl (C=O) groups is 2. The standard InChI is InChI=1S/C17H23F2N3O7/c1-3-4-5-8-27-16(26)21-12-6-7-22(15(25)20-12)14-17(18,19)13(24)11(29-14)9-28-10(2)23/h6-7,11,13-14,24H,3-5,8-9H2,1-2H3,(H,20,21,25,26)/t11-,13-,14-/m1/s1. The normalized spacial score (nSPS) is 22.9. The topological polar surface area (TPSA) is 129 Å². The second-order valence-electron chi connectivity index (χ2n) is 6.42. The molecule has 0 aliphatic carbocycles. The number of ether oxygens (including phenoxy) is 3. The highest BCUT2D eigenvalue weighted by Gasteiger charge is 2.60. The van der Waals surface area contributed by atoms with E-state index in [0.717, 1.165) is 32.0 Å². The fourth-order valence-corrected chi connectivity index (χ4v) is 2.62. The maximum absolute atomic E-state index is 14.4. The summed E-state index contributed by atoms with van der Waals surface area (Å²) in [7, 11) is 0. The van der Waals surface area contributed by atoms with Gasteiger partial charge in [-0.1, -0.05) is 19.8 Å². The quantitative estimate of drug-likeness (QED) is 0.478. The zero-order valence-corrected chi connectivity index (χ0v) is 16.0. The number of aromatic nitrogens is 2. The molecule has 162 valence electrons. The number of rotatable bonds is 8. The van der Waals surface area contributed by atoms with Crippen LogP contribution in [0, 0.1) is 0 Å². The van der Waals surface area contributed by atoms with Crippen molar-refractivity contribution in [1.29, 1.82) is 0 Å². The average Bonchev–Trinajstić information content (AvgIpc) is 2.87. The summed E-state index contributed by atoms with van der Waals surface area (Å²) in [5, 5.41) is 12.0. The van der Waals surface area contributed by atoms with E-state index in [4.69, 9.17) is 9.47 Å². The Morgan fingerprint density at radius 1 is 1.38 bits per heavy atom. The second-order valence-corrected chi connectivity index (χ2v) is 6.42. The predicted molar refractivity (Wildman–Crippen MR) is 94.5 cm³/mol. The van der Waals surface area contributed by atoms with Crippen molar-refractivity contribution in [3.8, 4) is 0 Å². The molecule has 1 aromatic heterocycles. The smallest absolute Gasteiger partial charge is 0.412 e. The molecule has 0 radical (unpaired) electrons. The summed E-state index contributed by atoms with van der Waals surface area (Å²) in [5.41, 5.74) is -1.14. The molecule has 1 aliphatic rings. The van der Waals surface area contributed by atoms with E-state index in [1.165, 1.54) is 0 Å². The van der Waals surface area contributed by atoms with Crippen LogP contribution in [0.15, 0.2) is 17.1 Å². The summed E-state index contributed by atoms with van der Waals surface area (Å²) >= 11 is 0. The van der Waals surface area contributed by atoms with Crippen LogP contribution >= 0.6 is 0 Å². The van der Waals surface area contributed by atoms with Crippen LogP contribution in [0.2, 0.25) is 0 Å². The van der Waals surface area contributed by atoms with Crippen molar-refractivity contribution in [3.05, 3.63) is 22.7 Å². The highest BCUT2D eigenvalue weighted by Crippen LogP contribution is 2.42. The second kappa shape index (κ2) is 9.74. The third-order valence-electron chi connectivity index (χ3n) is 4.12. The van der Waals surface area contributed by atoms with Crippen LogP contribution in [0.1, 0.15) is 39.3 Å². The molecule has 2 rings (SSSR count). The van der Waals surface area contributed by atoms with E-state index in [-0.39, 0.29) is 12.4 Å². The summed E-state index contributed by atoms with van der Waals surface area (Å²) in [5.74, 6) is -4.77. The first kappa shape index (κ1) is 22.7. The summed E-state index contributed by atoms with van der Waals surface area (Å²) in [6.07, 6.45) is -3.34. The Labute approximate surface area is 164 Å². The van der Waals surface area contributed by atoms with Crippen molar-refractivity contribution in [3.63, 3.8) is 0 Å². The van der Waals surface area contributed by atoms with E-state index in [0.29, 0.717) is 11.0 Å². The summed E-state index contributed by atoms with van der Waals surface area (Å²) in [4.78, 5) is 38.1. The molecule has 1 fully saturated rings. The summed E-state index contributed by atoms with van der Waals surface area (Å²) < 4.78 is 43.7. The van der Waals surface area contributed by atoms with Gasteiger partial charge in [0.1, 0.15) is 18.5 Å². The number of amides is 1. The molecule has 1 aromatic rings. The molecule has 10 nitrogen and oxygen atoms in total. The van der Waals surface area contributed by atoms with Gasteiger partial charge in [-0.05, 0) is 12.5 Å². The van der Waals surface area contributed by atoms with Crippen LogP contribution in [-0.4, -0.2) is 58.1 Å². The van der Waals surface area contributed by atoms with Gasteiger partial charge < -0.3 is 19.3 Å². The summed E-state index contributed by atoms with van der Waals surface area (Å²) in [6, 6.07) is 1.11. The molecule has 12 heteroatoms. The fraction of sp³-hybridized carbons (Fsp3) is 0.647. The Bertz CT molecular complexity index is 787. The van der Waals surface area contributed by atoms with E-state index in [1.54, 1.807) is 0 Å². The van der Waals surface area contributed by atoms with E-state index in [9.17, 15) is 28.3 Å². The summed E-state index contributed by atoms with van der Waals surface area (Å²) in [6.45, 7) is 2.66. The van der Waals surface area contributed by atoms with Crippen LogP contribution in [0.5, 0.6) is 0 Å². The van der Waals surface area contributed by atoms with Gasteiger partial charge in [-0.3, -0.25) is 14.7 Å². The lowest BCUT2D eigenvalue weighted by molar-refractivity contribution is -0.148. The van der Waals surface area contributed by atoms with Gasteiger partial charge in [-0.2, -0.15) is 13.8 Å². The number of hydrogen-bond acceptors (Lipinski definition) is 8. The van der Waals surface area contributed by atoms with Crippen molar-refractivity contribution >= 4 is 17.9 Å². The SMILES string of the molecule is CCCCCOC(=O)Nc1ccn([C@@H]2O[C@H](COC(C)=O)[C@@H](O)C2(F)F)c(=O)n1. The molecule has 0 aromatic carbocycles. The molecule has 0 saturated carbocycles. The average molecular weight is 419 g/mol. The Morgan fingerprint density at radius 2 is 2.10 bits per heavy atom. The molecule has 1 saturated heterocycles. The number of aliphatic hydroxyl groups excluding tert-OH is 1. The van der Waals surface area contributed by atoms with E-state index >= 15 is 0 Å². The van der Waals surface area contributed by atoms with Crippen molar-refractivity contribution in [2.24, 2.45) is 0 Å². The first-order valence-electron chi connectivity index (χ1n) is 9.04. The predicted octanol–water partition coefficient (Wildman–Crippen LogP) is 1.44. The maximum atomic E-state index is 14.4. The molecule has 1 amide bonds. The number of aliphatic hydroxyl groups is 1. The lowest BCUT2D eigenvalue weighted by Gasteiger charge is -2.21. The molecule has 1 aliphatic heterocycles. The molecule has 0 unspecified atom stereocenters. The van der Waals surface area contributed by atoms with Crippen molar-refractivity contribution in [2.75, 3.05) is 18.5 Å². The van der Waals surface area contributed by atoms with Crippen LogP contribution in [0.3, 0.4) is 0 Å². The largest absolute Gasteiger partial charge is 0.463 e. The number of carbonyl (C=O) groups excluding carboxylic acids is 2. The Hall–Kier alpha value is -2.60. The number of esters is 1. The molecular weight excluding hydrogens is 396 g/mol. The van der Waals surface area contributed by atoms with Crippen LogP contribution in [0.4, 0.5) is 19.4 Å². The minimum absolute atomic E-state index is 0.190. The number of alkyl halides is 2. The number of unbranched alkanes of at least 4 members (excludes halogenated alkanes) is 2. The molecule has 0 bridgehead atoms. The van der Waals surface area contributed by atoms with Gasteiger partial charge in [0.05, 0.1) is 6.61 Å². The van der Waals surface area contributed by atoms with Crippen LogP contribution in [0.25, 0.3) is 0 Å². The number of nitrogens with zero attached hydrogens (tertiary/aromatic N) is 2. The molecule has 2 N–H and O–H groups in total. The Balaban J connectivity index is 2.06. The Kier molecular flexibility index (Phi) is 7.62. The molecule has 2 heterocycles. The third kappa shape index (κ3) is 5.70. The highest BCUT2D eigenvalue weighted by atomic mass is 19.3. The van der Waals surface area contributed by atoms with E-state index in [2.05, 4.69) is 15.0 Å². The van der Waals surface area contributed by atoms with Gasteiger partial charge in [0.2, 0.25) is 6.23 Å². The monoisotopic (exact) mass is 419 g/mol. The molecule has 3 atom stereocenters. The molecular formula is C17H23F2N3O7. The lowest BCUT2D eigenvalue weighted by Crippen LogP contribution is -2.42. The zero-order chi connectivity index (χ0) is 21.6. The number of hydrogen-bond donors (Lipinski definition) is 2. The van der Waals surface area contributed by atoms with Crippen molar-refractivity contribution in [1.82, 2.24) is 9.55 Å². The van der Waals surface area contributed by atoms with Gasteiger partial charge >= 0.3 is 23.7 Å². The van der Waals surface area contributed by atoms with Crippen LogP contribution < -0.4 is 11.0 Å².